The number of nitrogens with one attached hydrogen (secondary N) is 1. The molecule has 1 aliphatic rings. The van der Waals surface area contributed by atoms with Crippen molar-refractivity contribution in [3.05, 3.63) is 52.6 Å². The largest absolute Gasteiger partial charge is 0.383 e. The second-order valence-corrected chi connectivity index (χ2v) is 27.5. The predicted molar refractivity (Wildman–Crippen MR) is 203 cm³/mol. The Hall–Kier alpha value is -2.31. The molecular weight excluding hydrogens is 723 g/mol. The van der Waals surface area contributed by atoms with Crippen molar-refractivity contribution >= 4 is 54.4 Å². The number of benzene rings is 1. The molecule has 1 N–H and O–H groups in total. The van der Waals surface area contributed by atoms with Gasteiger partial charge in [0.1, 0.15) is 19.3 Å². The molecule has 268 valence electrons. The van der Waals surface area contributed by atoms with E-state index in [-0.39, 0.29) is 11.4 Å². The number of rotatable bonds is 17. The molecule has 0 spiro atoms. The van der Waals surface area contributed by atoms with Gasteiger partial charge < -0.3 is 29.2 Å². The molecule has 1 aromatic carbocycles. The van der Waals surface area contributed by atoms with E-state index in [0.717, 1.165) is 57.6 Å². The standard InChI is InChI=1S/C35H52BrFN6O4Si2/c1-44-23-35(10-12-45-13-11-35)39-22-31-32(36)34(42(24-46-14-16-48(2,3)4)25-47-15-17-49(5,6)7)43-33(41-31)29(21-40-43)27-18-26-19-28(37)8-9-30(26)38-20-27/h8-9,18-21,39H,10-17,22-25H2,1-7H3. The number of aromatic nitrogens is 4. The van der Waals surface area contributed by atoms with Crippen LogP contribution in [0.4, 0.5) is 10.2 Å². The first kappa shape index (κ1) is 37.9. The summed E-state index contributed by atoms with van der Waals surface area (Å²) in [5.41, 5.74) is 3.58. The molecule has 3 aromatic heterocycles. The quantitative estimate of drug-likeness (QED) is 0.0663. The van der Waals surface area contributed by atoms with Gasteiger partial charge in [0.25, 0.3) is 0 Å². The van der Waals surface area contributed by atoms with Gasteiger partial charge in [0.15, 0.2) is 11.5 Å². The van der Waals surface area contributed by atoms with E-state index in [9.17, 15) is 4.39 Å². The van der Waals surface area contributed by atoms with Crippen molar-refractivity contribution in [1.82, 2.24) is 24.9 Å². The van der Waals surface area contributed by atoms with Crippen LogP contribution >= 0.6 is 15.9 Å². The van der Waals surface area contributed by atoms with Crippen LogP contribution in [-0.4, -0.2) is 94.9 Å². The average Bonchev–Trinajstić information content (AvgIpc) is 3.46. The summed E-state index contributed by atoms with van der Waals surface area (Å²) in [5, 5.41) is 9.37. The molecule has 1 aliphatic heterocycles. The molecule has 5 rings (SSSR count). The number of anilines is 1. The molecule has 1 saturated heterocycles. The Labute approximate surface area is 300 Å². The number of hydrogen-bond acceptors (Lipinski definition) is 9. The first-order chi connectivity index (χ1) is 23.3. The maximum atomic E-state index is 14.2. The lowest BCUT2D eigenvalue weighted by Gasteiger charge is -2.37. The second kappa shape index (κ2) is 16.4. The van der Waals surface area contributed by atoms with Crippen LogP contribution in [0.3, 0.4) is 0 Å². The Morgan fingerprint density at radius 3 is 2.31 bits per heavy atom. The zero-order valence-electron chi connectivity index (χ0n) is 30.1. The summed E-state index contributed by atoms with van der Waals surface area (Å²) in [7, 11) is -0.836. The molecule has 0 bridgehead atoms. The van der Waals surface area contributed by atoms with Crippen LogP contribution in [0.25, 0.3) is 27.7 Å². The summed E-state index contributed by atoms with van der Waals surface area (Å²) < 4.78 is 40.9. The van der Waals surface area contributed by atoms with Crippen LogP contribution in [0.15, 0.2) is 41.1 Å². The fourth-order valence-corrected chi connectivity index (χ4v) is 7.96. The normalized spacial score (nSPS) is 15.4. The van der Waals surface area contributed by atoms with Crippen LogP contribution in [0.1, 0.15) is 18.5 Å². The molecule has 10 nitrogen and oxygen atoms in total. The first-order valence-electron chi connectivity index (χ1n) is 17.1. The smallest absolute Gasteiger partial charge is 0.165 e. The van der Waals surface area contributed by atoms with Crippen LogP contribution in [0, 0.1) is 5.82 Å². The van der Waals surface area contributed by atoms with E-state index in [1.165, 1.54) is 12.1 Å². The van der Waals surface area contributed by atoms with E-state index in [4.69, 9.17) is 29.0 Å². The van der Waals surface area contributed by atoms with Crippen molar-refractivity contribution in [1.29, 1.82) is 0 Å². The summed E-state index contributed by atoms with van der Waals surface area (Å²) >= 11 is 3.96. The van der Waals surface area contributed by atoms with E-state index in [1.54, 1.807) is 25.6 Å². The summed E-state index contributed by atoms with van der Waals surface area (Å²) in [6.07, 6.45) is 5.28. The molecule has 0 saturated carbocycles. The molecule has 0 radical (unpaired) electrons. The van der Waals surface area contributed by atoms with E-state index in [2.05, 4.69) is 70.4 Å². The number of hydrogen-bond donors (Lipinski definition) is 1. The molecule has 1 fully saturated rings. The highest BCUT2D eigenvalue weighted by molar-refractivity contribution is 9.10. The number of nitrogens with zero attached hydrogens (tertiary/aromatic N) is 5. The third-order valence-corrected chi connectivity index (χ3v) is 13.1. The lowest BCUT2D eigenvalue weighted by molar-refractivity contribution is -0.000383. The highest BCUT2D eigenvalue weighted by atomic mass is 79.9. The first-order valence-corrected chi connectivity index (χ1v) is 25.3. The molecule has 0 atom stereocenters. The monoisotopic (exact) mass is 774 g/mol. The summed E-state index contributed by atoms with van der Waals surface area (Å²) in [5.74, 6) is 0.489. The van der Waals surface area contributed by atoms with Gasteiger partial charge in [-0.2, -0.15) is 9.61 Å². The van der Waals surface area contributed by atoms with Crippen molar-refractivity contribution in [3.8, 4) is 11.1 Å². The van der Waals surface area contributed by atoms with Crippen molar-refractivity contribution in [2.75, 3.05) is 58.5 Å². The molecule has 0 aliphatic carbocycles. The molecule has 4 heterocycles. The van der Waals surface area contributed by atoms with Crippen molar-refractivity contribution < 1.29 is 23.3 Å². The molecule has 14 heteroatoms. The second-order valence-electron chi connectivity index (χ2n) is 15.5. The average molecular weight is 776 g/mol. The fraction of sp³-hybridized carbons (Fsp3) is 0.571. The molecule has 0 amide bonds. The summed E-state index contributed by atoms with van der Waals surface area (Å²) in [6.45, 7) is 18.5. The van der Waals surface area contributed by atoms with Gasteiger partial charge in [0.05, 0.1) is 28.5 Å². The maximum absolute atomic E-state index is 14.2. The topological polar surface area (TPSA) is 95.3 Å². The van der Waals surface area contributed by atoms with Gasteiger partial charge in [0.2, 0.25) is 0 Å². The lowest BCUT2D eigenvalue weighted by Crippen LogP contribution is -2.52. The van der Waals surface area contributed by atoms with Gasteiger partial charge in [-0.1, -0.05) is 39.3 Å². The van der Waals surface area contributed by atoms with Gasteiger partial charge in [-0.15, -0.1) is 0 Å². The van der Waals surface area contributed by atoms with Gasteiger partial charge in [-0.3, -0.25) is 4.98 Å². The minimum atomic E-state index is -1.29. The number of pyridine rings is 1. The van der Waals surface area contributed by atoms with Crippen LogP contribution in [0.5, 0.6) is 0 Å². The zero-order valence-corrected chi connectivity index (χ0v) is 33.7. The van der Waals surface area contributed by atoms with Crippen molar-refractivity contribution in [3.63, 3.8) is 0 Å². The van der Waals surface area contributed by atoms with E-state index < -0.39 is 16.1 Å². The Kier molecular flexibility index (Phi) is 12.7. The predicted octanol–water partition coefficient (Wildman–Crippen LogP) is 7.56. The minimum Gasteiger partial charge on any atom is -0.383 e. The van der Waals surface area contributed by atoms with Crippen LogP contribution in [-0.2, 0) is 25.5 Å². The van der Waals surface area contributed by atoms with Gasteiger partial charge in [-0.25, -0.2) is 9.37 Å². The number of ether oxygens (including phenoxy) is 4. The zero-order chi connectivity index (χ0) is 35.2. The third-order valence-electron chi connectivity index (χ3n) is 8.88. The molecule has 0 unspecified atom stereocenters. The van der Waals surface area contributed by atoms with E-state index in [0.29, 0.717) is 64.1 Å². The van der Waals surface area contributed by atoms with Crippen molar-refractivity contribution in [2.24, 2.45) is 0 Å². The molecule has 4 aromatic rings. The van der Waals surface area contributed by atoms with Crippen molar-refractivity contribution in [2.45, 2.75) is 76.3 Å². The number of fused-ring (bicyclic) bond motifs is 2. The highest BCUT2D eigenvalue weighted by Crippen LogP contribution is 2.35. The van der Waals surface area contributed by atoms with E-state index in [1.807, 2.05) is 10.6 Å². The Bertz CT molecular complexity index is 1680. The third kappa shape index (κ3) is 10.2. The Balaban J connectivity index is 1.57. The number of methoxy groups -OCH3 is 1. The Morgan fingerprint density at radius 2 is 1.67 bits per heavy atom. The number of halogens is 2. The summed E-state index contributed by atoms with van der Waals surface area (Å²) in [4.78, 5) is 11.9. The van der Waals surface area contributed by atoms with Gasteiger partial charge in [0, 0.05) is 84.5 Å². The summed E-state index contributed by atoms with van der Waals surface area (Å²) in [6, 6.07) is 8.68. The SMILES string of the molecule is COCC1(NCc2nc3c(-c4cnc5ccc(F)cc5c4)cnn3c(N(COCC[Si](C)(C)C)COCC[Si](C)(C)C)c2Br)CCOCC1. The molecule has 49 heavy (non-hydrogen) atoms. The lowest BCUT2D eigenvalue weighted by atomic mass is 9.91. The molecular formula is C35H52BrFN6O4Si2. The highest BCUT2D eigenvalue weighted by Gasteiger charge is 2.33. The van der Waals surface area contributed by atoms with Gasteiger partial charge in [-0.05, 0) is 65.1 Å². The van der Waals surface area contributed by atoms with Crippen LogP contribution < -0.4 is 10.2 Å². The Morgan fingerprint density at radius 1 is 1.00 bits per heavy atom. The van der Waals surface area contributed by atoms with Gasteiger partial charge >= 0.3 is 0 Å². The van der Waals surface area contributed by atoms with E-state index >= 15 is 0 Å². The fourth-order valence-electron chi connectivity index (χ4n) is 5.79. The van der Waals surface area contributed by atoms with Crippen LogP contribution in [0.2, 0.25) is 51.4 Å². The maximum Gasteiger partial charge on any atom is 0.165 e. The minimum absolute atomic E-state index is 0.227.